The molecule has 0 aliphatic carbocycles. The third-order valence-electron chi connectivity index (χ3n) is 2.55. The number of allylic oxidation sites excluding steroid dienone is 1. The summed E-state index contributed by atoms with van der Waals surface area (Å²) in [6.07, 6.45) is 2.82. The van der Waals surface area contributed by atoms with Gasteiger partial charge in [0.05, 0.1) is 11.1 Å². The van der Waals surface area contributed by atoms with E-state index in [1.807, 2.05) is 5.38 Å². The van der Waals surface area contributed by atoms with E-state index < -0.39 is 9.84 Å². The maximum atomic E-state index is 12.3. The molecular formula is C12H14N2O3S3. The van der Waals surface area contributed by atoms with Crippen LogP contribution in [0, 0.1) is 0 Å². The molecule has 2 aromatic heterocycles. The molecule has 5 nitrogen and oxygen atoms in total. The Bertz CT molecular complexity index is 790. The molecule has 0 aromatic carbocycles. The van der Waals surface area contributed by atoms with Crippen molar-refractivity contribution in [2.75, 3.05) is 17.8 Å². The van der Waals surface area contributed by atoms with E-state index >= 15 is 0 Å². The molecule has 0 bridgehead atoms. The summed E-state index contributed by atoms with van der Waals surface area (Å²) in [5.41, 5.74) is -0.113. The number of rotatable bonds is 6. The third-order valence-corrected chi connectivity index (χ3v) is 5.53. The lowest BCUT2D eigenvalue weighted by atomic mass is 10.4. The van der Waals surface area contributed by atoms with Crippen LogP contribution >= 0.6 is 23.1 Å². The molecule has 8 heteroatoms. The minimum atomic E-state index is -3.01. The standard InChI is InChI=1S/C12H14N2O3S3/c1-3-5-14-11(15)9-4-6-18-10(9)13-12(14)19-7-8-20(2,16)17/h3-4,6H,1,5,7-8H2,2H3. The van der Waals surface area contributed by atoms with Gasteiger partial charge in [0.25, 0.3) is 5.56 Å². The Morgan fingerprint density at radius 1 is 1.55 bits per heavy atom. The van der Waals surface area contributed by atoms with E-state index in [1.54, 1.807) is 12.1 Å². The summed E-state index contributed by atoms with van der Waals surface area (Å²) in [6, 6.07) is 1.75. The summed E-state index contributed by atoms with van der Waals surface area (Å²) in [7, 11) is -3.01. The highest BCUT2D eigenvalue weighted by atomic mass is 32.2. The summed E-state index contributed by atoms with van der Waals surface area (Å²) in [5, 5.41) is 2.94. The van der Waals surface area contributed by atoms with Crippen molar-refractivity contribution in [1.82, 2.24) is 9.55 Å². The molecule has 2 heterocycles. The van der Waals surface area contributed by atoms with Crippen molar-refractivity contribution < 1.29 is 8.42 Å². The van der Waals surface area contributed by atoms with Crippen LogP contribution in [0.5, 0.6) is 0 Å². The molecule has 0 N–H and O–H groups in total. The van der Waals surface area contributed by atoms with Crippen LogP contribution in [0.15, 0.2) is 34.1 Å². The largest absolute Gasteiger partial charge is 0.283 e. The van der Waals surface area contributed by atoms with Crippen LogP contribution in [0.3, 0.4) is 0 Å². The lowest BCUT2D eigenvalue weighted by molar-refractivity contribution is 0.603. The number of thiophene rings is 1. The molecular weight excluding hydrogens is 316 g/mol. The maximum Gasteiger partial charge on any atom is 0.263 e. The smallest absolute Gasteiger partial charge is 0.263 e. The van der Waals surface area contributed by atoms with Crippen molar-refractivity contribution >= 4 is 43.2 Å². The van der Waals surface area contributed by atoms with E-state index in [9.17, 15) is 13.2 Å². The first kappa shape index (κ1) is 15.3. The van der Waals surface area contributed by atoms with Gasteiger partial charge in [-0.15, -0.1) is 17.9 Å². The lowest BCUT2D eigenvalue weighted by Gasteiger charge is -2.09. The molecule has 0 saturated carbocycles. The molecule has 0 unspecified atom stereocenters. The van der Waals surface area contributed by atoms with Crippen LogP contribution in [-0.2, 0) is 16.4 Å². The predicted octanol–water partition coefficient (Wildman–Crippen LogP) is 1.78. The molecule has 0 aliphatic rings. The molecule has 108 valence electrons. The van der Waals surface area contributed by atoms with Crippen molar-refractivity contribution in [2.24, 2.45) is 0 Å². The van der Waals surface area contributed by atoms with Gasteiger partial charge >= 0.3 is 0 Å². The van der Waals surface area contributed by atoms with Gasteiger partial charge in [-0.05, 0) is 11.4 Å². The van der Waals surface area contributed by atoms with Gasteiger partial charge in [0, 0.05) is 18.6 Å². The van der Waals surface area contributed by atoms with Gasteiger partial charge < -0.3 is 0 Å². The van der Waals surface area contributed by atoms with Gasteiger partial charge in [-0.2, -0.15) is 0 Å². The monoisotopic (exact) mass is 330 g/mol. The number of fused-ring (bicyclic) bond motifs is 1. The van der Waals surface area contributed by atoms with Gasteiger partial charge in [-0.3, -0.25) is 9.36 Å². The summed E-state index contributed by atoms with van der Waals surface area (Å²) in [6.45, 7) is 4.00. The van der Waals surface area contributed by atoms with Crippen molar-refractivity contribution in [3.63, 3.8) is 0 Å². The van der Waals surface area contributed by atoms with Crippen LogP contribution in [0.1, 0.15) is 0 Å². The molecule has 0 aliphatic heterocycles. The van der Waals surface area contributed by atoms with Gasteiger partial charge in [-0.25, -0.2) is 13.4 Å². The molecule has 0 saturated heterocycles. The highest BCUT2D eigenvalue weighted by molar-refractivity contribution is 8.00. The Labute approximate surface area is 125 Å². The average molecular weight is 330 g/mol. The number of nitrogens with zero attached hydrogens (tertiary/aromatic N) is 2. The third kappa shape index (κ3) is 3.50. The van der Waals surface area contributed by atoms with Crippen molar-refractivity contribution in [1.29, 1.82) is 0 Å². The van der Waals surface area contributed by atoms with E-state index in [0.29, 0.717) is 27.7 Å². The first-order chi connectivity index (χ1) is 9.42. The van der Waals surface area contributed by atoms with Crippen molar-refractivity contribution in [2.45, 2.75) is 11.7 Å². The summed E-state index contributed by atoms with van der Waals surface area (Å²) < 4.78 is 23.8. The first-order valence-corrected chi connectivity index (χ1v) is 9.74. The molecule has 0 radical (unpaired) electrons. The van der Waals surface area contributed by atoms with Gasteiger partial charge in [0.2, 0.25) is 0 Å². The fourth-order valence-corrected chi connectivity index (χ4v) is 4.62. The maximum absolute atomic E-state index is 12.3. The second kappa shape index (κ2) is 6.11. The van der Waals surface area contributed by atoms with Crippen molar-refractivity contribution in [3.05, 3.63) is 34.5 Å². The van der Waals surface area contributed by atoms with E-state index in [1.165, 1.54) is 33.9 Å². The molecule has 0 amide bonds. The van der Waals surface area contributed by atoms with E-state index in [4.69, 9.17) is 0 Å². The lowest BCUT2D eigenvalue weighted by Crippen LogP contribution is -2.22. The molecule has 2 rings (SSSR count). The zero-order valence-electron chi connectivity index (χ0n) is 10.9. The quantitative estimate of drug-likeness (QED) is 0.459. The van der Waals surface area contributed by atoms with Gasteiger partial charge in [0.1, 0.15) is 14.7 Å². The minimum absolute atomic E-state index is 0.0596. The molecule has 20 heavy (non-hydrogen) atoms. The number of sulfone groups is 1. The van der Waals surface area contributed by atoms with E-state index in [2.05, 4.69) is 11.6 Å². The number of thioether (sulfide) groups is 1. The molecule has 0 fully saturated rings. The van der Waals surface area contributed by atoms with Gasteiger partial charge in [0.15, 0.2) is 5.16 Å². The molecule has 2 aromatic rings. The predicted molar refractivity (Wildman–Crippen MR) is 84.5 cm³/mol. The Kier molecular flexibility index (Phi) is 4.66. The number of hydrogen-bond donors (Lipinski definition) is 0. The van der Waals surface area contributed by atoms with E-state index in [-0.39, 0.29) is 11.3 Å². The Balaban J connectivity index is 2.37. The highest BCUT2D eigenvalue weighted by Gasteiger charge is 2.12. The zero-order chi connectivity index (χ0) is 14.8. The van der Waals surface area contributed by atoms with Crippen LogP contribution in [-0.4, -0.2) is 35.7 Å². The Morgan fingerprint density at radius 3 is 2.95 bits per heavy atom. The van der Waals surface area contributed by atoms with Crippen molar-refractivity contribution in [3.8, 4) is 0 Å². The number of aromatic nitrogens is 2. The second-order valence-electron chi connectivity index (χ2n) is 4.22. The summed E-state index contributed by atoms with van der Waals surface area (Å²) >= 11 is 2.68. The average Bonchev–Trinajstić information content (AvgIpc) is 2.80. The fraction of sp³-hybridized carbons (Fsp3) is 0.333. The van der Waals surface area contributed by atoms with Crippen LogP contribution in [0.2, 0.25) is 0 Å². The Hall–Kier alpha value is -1.12. The van der Waals surface area contributed by atoms with Gasteiger partial charge in [-0.1, -0.05) is 17.8 Å². The normalized spacial score (nSPS) is 11.8. The minimum Gasteiger partial charge on any atom is -0.283 e. The zero-order valence-corrected chi connectivity index (χ0v) is 13.4. The fourth-order valence-electron chi connectivity index (χ4n) is 1.61. The SMILES string of the molecule is C=CCn1c(SCCS(C)(=O)=O)nc2sccc2c1=O. The molecule has 0 atom stereocenters. The Morgan fingerprint density at radius 2 is 2.30 bits per heavy atom. The van der Waals surface area contributed by atoms with Crippen LogP contribution in [0.4, 0.5) is 0 Å². The van der Waals surface area contributed by atoms with Crippen LogP contribution in [0.25, 0.3) is 10.2 Å². The molecule has 0 spiro atoms. The summed E-state index contributed by atoms with van der Waals surface area (Å²) in [4.78, 5) is 17.4. The summed E-state index contributed by atoms with van der Waals surface area (Å²) in [5.74, 6) is 0.434. The van der Waals surface area contributed by atoms with E-state index in [0.717, 1.165) is 0 Å². The highest BCUT2D eigenvalue weighted by Crippen LogP contribution is 2.21. The van der Waals surface area contributed by atoms with Crippen LogP contribution < -0.4 is 5.56 Å². The number of hydrogen-bond acceptors (Lipinski definition) is 6. The first-order valence-electron chi connectivity index (χ1n) is 5.82. The second-order valence-corrected chi connectivity index (χ2v) is 8.43. The topological polar surface area (TPSA) is 69.0 Å².